The SMILES string of the molecule is CCc1cn2ncc(C(=O)NC)c(Nc3cccc(-c4ncn(C)n4)c3OC)c2n1.CCn1cc2c(Nc3cccc(-c4ncn(C)n4)c3OC)c(C(=O)NC)cnc2n1. The molecular formula is C40H44N16O4. The van der Waals surface area contributed by atoms with Crippen molar-refractivity contribution in [1.82, 2.24) is 69.5 Å². The maximum atomic E-state index is 12.5. The van der Waals surface area contributed by atoms with Gasteiger partial charge in [-0.05, 0) is 37.6 Å². The van der Waals surface area contributed by atoms with E-state index in [1.165, 1.54) is 12.4 Å². The van der Waals surface area contributed by atoms with E-state index in [4.69, 9.17) is 9.47 Å². The number of hydrogen-bond donors (Lipinski definition) is 4. The molecule has 8 rings (SSSR count). The molecule has 0 bridgehead atoms. The van der Waals surface area contributed by atoms with Crippen molar-refractivity contribution in [2.75, 3.05) is 38.9 Å². The van der Waals surface area contributed by atoms with Crippen molar-refractivity contribution in [3.05, 3.63) is 90.7 Å². The van der Waals surface area contributed by atoms with Gasteiger partial charge >= 0.3 is 0 Å². The Morgan fingerprint density at radius 2 is 1.28 bits per heavy atom. The molecule has 2 aromatic carbocycles. The molecule has 6 heterocycles. The third-order valence-electron chi connectivity index (χ3n) is 9.41. The Morgan fingerprint density at radius 1 is 0.717 bits per heavy atom. The molecule has 0 atom stereocenters. The molecule has 308 valence electrons. The summed E-state index contributed by atoms with van der Waals surface area (Å²) in [5.74, 6) is 1.69. The second kappa shape index (κ2) is 17.3. The lowest BCUT2D eigenvalue weighted by Gasteiger charge is -2.16. The minimum absolute atomic E-state index is 0.252. The third-order valence-corrected chi connectivity index (χ3v) is 9.41. The van der Waals surface area contributed by atoms with Crippen LogP contribution in [-0.4, -0.2) is 99.0 Å². The quantitative estimate of drug-likeness (QED) is 0.133. The maximum Gasteiger partial charge on any atom is 0.254 e. The Bertz CT molecular complexity index is 2650. The van der Waals surface area contributed by atoms with E-state index < -0.39 is 0 Å². The van der Waals surface area contributed by atoms with Gasteiger partial charge in [-0.15, -0.1) is 0 Å². The standard InChI is InChI=1S/2C20H22N8O2/c1-5-28-10-14-16(13(20(29)21-2)9-22-19(14)26-28)24-15-8-6-7-12(17(15)30-4)18-23-11-27(3)25-18;1-5-12-10-28-19(24-12)16(14(9-23-28)20(29)21-2)25-15-8-6-7-13(17(15)30-4)18-22-11-27(3)26-18/h6-11,24H,5H2,1-4H3,(H,21,29);6-11,25H,5H2,1-4H3,(H,21,29). The highest BCUT2D eigenvalue weighted by molar-refractivity contribution is 6.07. The minimum Gasteiger partial charge on any atom is -0.494 e. The average Bonchev–Trinajstić information content (AvgIpc) is 4.10. The van der Waals surface area contributed by atoms with Gasteiger partial charge in [0.25, 0.3) is 11.8 Å². The number of fused-ring (bicyclic) bond motifs is 2. The van der Waals surface area contributed by atoms with Crippen LogP contribution in [-0.2, 0) is 27.1 Å². The van der Waals surface area contributed by atoms with E-state index in [1.54, 1.807) is 73.6 Å². The molecule has 0 unspecified atom stereocenters. The number of anilines is 4. The van der Waals surface area contributed by atoms with E-state index in [-0.39, 0.29) is 11.8 Å². The summed E-state index contributed by atoms with van der Waals surface area (Å²) in [7, 11) is 9.94. The van der Waals surface area contributed by atoms with Crippen molar-refractivity contribution in [3.63, 3.8) is 0 Å². The van der Waals surface area contributed by atoms with Crippen LogP contribution in [0, 0.1) is 0 Å². The lowest BCUT2D eigenvalue weighted by atomic mass is 10.1. The number of imidazole rings is 1. The third kappa shape index (κ3) is 7.84. The normalized spacial score (nSPS) is 10.9. The molecule has 0 saturated heterocycles. The van der Waals surface area contributed by atoms with Crippen LogP contribution in [0.2, 0.25) is 0 Å². The van der Waals surface area contributed by atoms with Crippen LogP contribution in [0.5, 0.6) is 11.5 Å². The van der Waals surface area contributed by atoms with Gasteiger partial charge in [-0.3, -0.25) is 23.6 Å². The first-order valence-electron chi connectivity index (χ1n) is 18.9. The highest BCUT2D eigenvalue weighted by Gasteiger charge is 2.22. The number of methoxy groups -OCH3 is 2. The van der Waals surface area contributed by atoms with E-state index in [1.807, 2.05) is 62.6 Å². The minimum atomic E-state index is -0.268. The fourth-order valence-electron chi connectivity index (χ4n) is 6.46. The fourth-order valence-corrected chi connectivity index (χ4v) is 6.46. The van der Waals surface area contributed by atoms with Crippen LogP contribution in [0.1, 0.15) is 40.3 Å². The number of aryl methyl sites for hydroxylation is 4. The Labute approximate surface area is 344 Å². The molecule has 6 aromatic heterocycles. The summed E-state index contributed by atoms with van der Waals surface area (Å²) in [5.41, 5.74) is 6.68. The molecule has 4 N–H and O–H groups in total. The summed E-state index contributed by atoms with van der Waals surface area (Å²) in [6, 6.07) is 11.2. The number of ether oxygens (including phenoxy) is 2. The van der Waals surface area contributed by atoms with Crippen LogP contribution < -0.4 is 30.7 Å². The van der Waals surface area contributed by atoms with Crippen LogP contribution in [0.4, 0.5) is 22.7 Å². The molecule has 2 amide bonds. The van der Waals surface area contributed by atoms with Crippen LogP contribution >= 0.6 is 0 Å². The van der Waals surface area contributed by atoms with Crippen molar-refractivity contribution in [3.8, 4) is 34.3 Å². The van der Waals surface area contributed by atoms with Gasteiger partial charge in [0.15, 0.2) is 34.4 Å². The lowest BCUT2D eigenvalue weighted by Crippen LogP contribution is -2.20. The second-order valence-electron chi connectivity index (χ2n) is 13.2. The van der Waals surface area contributed by atoms with Gasteiger partial charge in [0.1, 0.15) is 12.7 Å². The summed E-state index contributed by atoms with van der Waals surface area (Å²) in [6.07, 6.45) is 10.8. The van der Waals surface area contributed by atoms with Gasteiger partial charge < -0.3 is 30.7 Å². The van der Waals surface area contributed by atoms with Gasteiger partial charge in [-0.2, -0.15) is 20.4 Å². The number of hydrogen-bond acceptors (Lipinski definition) is 14. The largest absolute Gasteiger partial charge is 0.494 e. The zero-order chi connectivity index (χ0) is 42.5. The van der Waals surface area contributed by atoms with Gasteiger partial charge in [0, 0.05) is 47.1 Å². The smallest absolute Gasteiger partial charge is 0.254 e. The number of nitrogens with one attached hydrogen (secondary N) is 4. The maximum absolute atomic E-state index is 12.5. The van der Waals surface area contributed by atoms with E-state index in [9.17, 15) is 9.59 Å². The number of amides is 2. The van der Waals surface area contributed by atoms with E-state index in [0.717, 1.165) is 28.6 Å². The number of carbonyl (C=O) groups excluding carboxylic acids is 2. The lowest BCUT2D eigenvalue weighted by molar-refractivity contribution is 0.0955. The first-order chi connectivity index (χ1) is 29.1. The molecule has 0 saturated carbocycles. The molecule has 0 aliphatic rings. The molecule has 0 aliphatic heterocycles. The number of benzene rings is 2. The van der Waals surface area contributed by atoms with Crippen molar-refractivity contribution in [2.24, 2.45) is 14.1 Å². The number of para-hydroxylation sites is 2. The molecule has 20 heteroatoms. The number of aromatic nitrogens is 12. The van der Waals surface area contributed by atoms with Crippen molar-refractivity contribution in [2.45, 2.75) is 26.8 Å². The van der Waals surface area contributed by atoms with E-state index in [0.29, 0.717) is 74.9 Å². The Hall–Kier alpha value is -7.90. The van der Waals surface area contributed by atoms with Crippen LogP contribution in [0.15, 0.2) is 73.8 Å². The predicted octanol–water partition coefficient (Wildman–Crippen LogP) is 4.56. The molecular weight excluding hydrogens is 769 g/mol. The Balaban J connectivity index is 0.000000181. The molecule has 0 spiro atoms. The molecule has 60 heavy (non-hydrogen) atoms. The Kier molecular flexibility index (Phi) is 11.6. The highest BCUT2D eigenvalue weighted by atomic mass is 16.5. The molecule has 0 fully saturated rings. The first kappa shape index (κ1) is 40.3. The molecule has 0 aliphatic carbocycles. The molecule has 0 radical (unpaired) electrons. The van der Waals surface area contributed by atoms with Crippen LogP contribution in [0.3, 0.4) is 0 Å². The highest BCUT2D eigenvalue weighted by Crippen LogP contribution is 2.40. The zero-order valence-electron chi connectivity index (χ0n) is 34.3. The fraction of sp³-hybridized carbons (Fsp3) is 0.250. The van der Waals surface area contributed by atoms with Crippen molar-refractivity contribution in [1.29, 1.82) is 0 Å². The summed E-state index contributed by atoms with van der Waals surface area (Å²) in [4.78, 5) is 42.6. The molecule has 20 nitrogen and oxygen atoms in total. The first-order valence-corrected chi connectivity index (χ1v) is 18.9. The summed E-state index contributed by atoms with van der Waals surface area (Å²) in [6.45, 7) is 4.70. The van der Waals surface area contributed by atoms with Crippen molar-refractivity contribution >= 4 is 51.2 Å². The van der Waals surface area contributed by atoms with Gasteiger partial charge in [-0.1, -0.05) is 19.1 Å². The van der Waals surface area contributed by atoms with Gasteiger partial charge in [-0.25, -0.2) is 24.5 Å². The summed E-state index contributed by atoms with van der Waals surface area (Å²) < 4.78 is 18.1. The Morgan fingerprint density at radius 3 is 1.78 bits per heavy atom. The van der Waals surface area contributed by atoms with Gasteiger partial charge in [0.05, 0.1) is 82.7 Å². The topological polar surface area (TPSA) is 223 Å². The van der Waals surface area contributed by atoms with Crippen LogP contribution in [0.25, 0.3) is 39.5 Å². The summed E-state index contributed by atoms with van der Waals surface area (Å²) >= 11 is 0. The average molecular weight is 813 g/mol. The number of carbonyl (C=O) groups is 2. The second-order valence-corrected chi connectivity index (χ2v) is 13.2. The predicted molar refractivity (Wildman–Crippen MR) is 225 cm³/mol. The zero-order valence-corrected chi connectivity index (χ0v) is 34.3. The monoisotopic (exact) mass is 812 g/mol. The number of pyridine rings is 1. The number of nitrogens with zero attached hydrogens (tertiary/aromatic N) is 12. The number of rotatable bonds is 12. The van der Waals surface area contributed by atoms with E-state index in [2.05, 4.69) is 61.6 Å². The summed E-state index contributed by atoms with van der Waals surface area (Å²) in [5, 5.41) is 30.3. The molecule has 8 aromatic rings. The van der Waals surface area contributed by atoms with Gasteiger partial charge in [0.2, 0.25) is 0 Å². The van der Waals surface area contributed by atoms with E-state index >= 15 is 0 Å². The van der Waals surface area contributed by atoms with Crippen molar-refractivity contribution < 1.29 is 19.1 Å².